The van der Waals surface area contributed by atoms with Crippen LogP contribution in [0.4, 0.5) is 5.69 Å². The molecular formula is C16H18N2O3. The molecule has 1 aromatic heterocycles. The Balaban J connectivity index is 1.74. The molecule has 0 aliphatic carbocycles. The Labute approximate surface area is 123 Å². The van der Waals surface area contributed by atoms with E-state index in [2.05, 4.69) is 24.5 Å². The number of hydrogen-bond acceptors (Lipinski definition) is 4. The van der Waals surface area contributed by atoms with Crippen LogP contribution in [-0.4, -0.2) is 12.5 Å². The van der Waals surface area contributed by atoms with Crippen molar-refractivity contribution >= 4 is 11.6 Å². The average Bonchev–Trinajstić information content (AvgIpc) is 3.00. The van der Waals surface area contributed by atoms with Crippen LogP contribution in [0.1, 0.15) is 37.3 Å². The highest BCUT2D eigenvalue weighted by molar-refractivity contribution is 5.95. The lowest BCUT2D eigenvalue weighted by atomic mass is 10.1. The Morgan fingerprint density at radius 3 is 2.86 bits per heavy atom. The van der Waals surface area contributed by atoms with E-state index in [1.165, 1.54) is 0 Å². The molecule has 1 amide bonds. The Morgan fingerprint density at radius 1 is 1.24 bits per heavy atom. The van der Waals surface area contributed by atoms with Gasteiger partial charge in [0.05, 0.1) is 18.0 Å². The molecule has 2 N–H and O–H groups in total. The predicted octanol–water partition coefficient (Wildman–Crippen LogP) is 3.02. The van der Waals surface area contributed by atoms with Crippen molar-refractivity contribution in [3.63, 3.8) is 0 Å². The van der Waals surface area contributed by atoms with Gasteiger partial charge in [0.25, 0.3) is 5.91 Å². The molecule has 1 aromatic carbocycles. The summed E-state index contributed by atoms with van der Waals surface area (Å²) in [5.74, 6) is 1.49. The minimum Gasteiger partial charge on any atom is -0.482 e. The van der Waals surface area contributed by atoms with Crippen LogP contribution in [0.5, 0.6) is 5.75 Å². The minimum atomic E-state index is -0.121. The van der Waals surface area contributed by atoms with Crippen molar-refractivity contribution in [2.75, 3.05) is 11.9 Å². The summed E-state index contributed by atoms with van der Waals surface area (Å²) in [7, 11) is 0. The fourth-order valence-corrected chi connectivity index (χ4v) is 2.46. The van der Waals surface area contributed by atoms with Gasteiger partial charge in [-0.15, -0.1) is 0 Å². The normalized spacial score (nSPS) is 16.6. The maximum absolute atomic E-state index is 11.4. The van der Waals surface area contributed by atoms with Crippen molar-refractivity contribution in [2.24, 2.45) is 0 Å². The van der Waals surface area contributed by atoms with Gasteiger partial charge in [-0.2, -0.15) is 0 Å². The van der Waals surface area contributed by atoms with E-state index in [1.807, 2.05) is 30.3 Å². The summed E-state index contributed by atoms with van der Waals surface area (Å²) in [4.78, 5) is 11.4. The summed E-state index contributed by atoms with van der Waals surface area (Å²) in [5, 5.41) is 6.30. The van der Waals surface area contributed by atoms with E-state index >= 15 is 0 Å². The van der Waals surface area contributed by atoms with Crippen LogP contribution in [0, 0.1) is 0 Å². The van der Waals surface area contributed by atoms with Gasteiger partial charge in [-0.25, -0.2) is 0 Å². The summed E-state index contributed by atoms with van der Waals surface area (Å²) >= 11 is 0. The Bertz CT molecular complexity index is 637. The quantitative estimate of drug-likeness (QED) is 0.907. The Hall–Kier alpha value is -2.27. The summed E-state index contributed by atoms with van der Waals surface area (Å²) in [6.45, 7) is 4.21. The van der Waals surface area contributed by atoms with Gasteiger partial charge in [0.15, 0.2) is 6.61 Å². The number of carbonyl (C=O) groups is 1. The first-order valence-corrected chi connectivity index (χ1v) is 6.99. The maximum Gasteiger partial charge on any atom is 0.262 e. The molecule has 110 valence electrons. The number of carbonyl (C=O) groups excluding carboxylic acids is 1. The van der Waals surface area contributed by atoms with E-state index in [9.17, 15) is 4.79 Å². The van der Waals surface area contributed by atoms with Gasteiger partial charge in [0.2, 0.25) is 0 Å². The molecule has 0 saturated carbocycles. The summed E-state index contributed by atoms with van der Waals surface area (Å²) in [5.41, 5.74) is 1.81. The summed E-state index contributed by atoms with van der Waals surface area (Å²) in [6, 6.07) is 9.89. The van der Waals surface area contributed by atoms with E-state index in [0.29, 0.717) is 5.75 Å². The molecule has 0 saturated heterocycles. The molecule has 21 heavy (non-hydrogen) atoms. The summed E-state index contributed by atoms with van der Waals surface area (Å²) in [6.07, 6.45) is 1.67. The highest BCUT2D eigenvalue weighted by Gasteiger charge is 2.18. The van der Waals surface area contributed by atoms with Crippen LogP contribution >= 0.6 is 0 Å². The van der Waals surface area contributed by atoms with Crippen LogP contribution in [0.25, 0.3) is 0 Å². The topological polar surface area (TPSA) is 63.5 Å². The molecule has 2 heterocycles. The van der Waals surface area contributed by atoms with Crippen LogP contribution in [0.15, 0.2) is 41.0 Å². The Kier molecular flexibility index (Phi) is 3.66. The van der Waals surface area contributed by atoms with Gasteiger partial charge in [0, 0.05) is 6.04 Å². The third-order valence-corrected chi connectivity index (χ3v) is 3.61. The number of benzene rings is 1. The fourth-order valence-electron chi connectivity index (χ4n) is 2.46. The van der Waals surface area contributed by atoms with Crippen molar-refractivity contribution in [1.82, 2.24) is 5.32 Å². The second-order valence-electron chi connectivity index (χ2n) is 5.22. The van der Waals surface area contributed by atoms with Crippen LogP contribution in [-0.2, 0) is 4.79 Å². The van der Waals surface area contributed by atoms with Crippen molar-refractivity contribution in [1.29, 1.82) is 0 Å². The zero-order valence-corrected chi connectivity index (χ0v) is 12.1. The smallest absolute Gasteiger partial charge is 0.262 e. The van der Waals surface area contributed by atoms with Crippen molar-refractivity contribution in [2.45, 2.75) is 25.9 Å². The predicted molar refractivity (Wildman–Crippen MR) is 79.2 cm³/mol. The molecule has 5 nitrogen and oxygen atoms in total. The largest absolute Gasteiger partial charge is 0.482 e. The first-order valence-electron chi connectivity index (χ1n) is 6.99. The van der Waals surface area contributed by atoms with E-state index in [-0.39, 0.29) is 24.6 Å². The van der Waals surface area contributed by atoms with Crippen molar-refractivity contribution < 1.29 is 13.9 Å². The second kappa shape index (κ2) is 5.61. The van der Waals surface area contributed by atoms with E-state index in [0.717, 1.165) is 17.0 Å². The molecule has 0 radical (unpaired) electrons. The van der Waals surface area contributed by atoms with Gasteiger partial charge in [-0.1, -0.05) is 6.07 Å². The lowest BCUT2D eigenvalue weighted by Crippen LogP contribution is -2.26. The number of nitrogens with one attached hydrogen (secondary N) is 2. The number of ether oxygens (including phenoxy) is 1. The van der Waals surface area contributed by atoms with Gasteiger partial charge in [-0.05, 0) is 43.7 Å². The van der Waals surface area contributed by atoms with Gasteiger partial charge in [0.1, 0.15) is 11.5 Å². The first kappa shape index (κ1) is 13.7. The first-order chi connectivity index (χ1) is 10.1. The molecule has 3 rings (SSSR count). The van der Waals surface area contributed by atoms with Crippen LogP contribution in [0.3, 0.4) is 0 Å². The molecule has 1 aliphatic heterocycles. The molecule has 0 spiro atoms. The maximum atomic E-state index is 11.4. The third kappa shape index (κ3) is 2.92. The molecule has 0 fully saturated rings. The van der Waals surface area contributed by atoms with E-state index in [4.69, 9.17) is 9.15 Å². The van der Waals surface area contributed by atoms with E-state index < -0.39 is 0 Å². The monoisotopic (exact) mass is 286 g/mol. The van der Waals surface area contributed by atoms with Crippen LogP contribution < -0.4 is 15.4 Å². The van der Waals surface area contributed by atoms with Crippen molar-refractivity contribution in [3.8, 4) is 5.75 Å². The van der Waals surface area contributed by atoms with Gasteiger partial charge < -0.3 is 19.8 Å². The zero-order valence-electron chi connectivity index (χ0n) is 12.1. The average molecular weight is 286 g/mol. The minimum absolute atomic E-state index is 0.0790. The molecule has 2 aromatic rings. The standard InChI is InChI=1S/C16H18N2O3/c1-10(17-11(2)14-4-3-7-20-14)12-5-6-15-13(8-12)18-16(19)9-21-15/h3-8,10-11,17H,9H2,1-2H3,(H,18,19)/t10?,11-/m0/s1. The number of anilines is 1. The number of hydrogen-bond donors (Lipinski definition) is 2. The number of fused-ring (bicyclic) bond motifs is 1. The van der Waals surface area contributed by atoms with Gasteiger partial charge >= 0.3 is 0 Å². The van der Waals surface area contributed by atoms with Crippen LogP contribution in [0.2, 0.25) is 0 Å². The third-order valence-electron chi connectivity index (χ3n) is 3.61. The fraction of sp³-hybridized carbons (Fsp3) is 0.312. The lowest BCUT2D eigenvalue weighted by molar-refractivity contribution is -0.118. The van der Waals surface area contributed by atoms with Crippen molar-refractivity contribution in [3.05, 3.63) is 47.9 Å². The number of amides is 1. The molecule has 2 atom stereocenters. The molecular weight excluding hydrogens is 268 g/mol. The second-order valence-corrected chi connectivity index (χ2v) is 5.22. The molecule has 1 aliphatic rings. The number of rotatable bonds is 4. The lowest BCUT2D eigenvalue weighted by Gasteiger charge is -2.22. The Morgan fingerprint density at radius 2 is 2.10 bits per heavy atom. The molecule has 5 heteroatoms. The highest BCUT2D eigenvalue weighted by Crippen LogP contribution is 2.31. The van der Waals surface area contributed by atoms with Gasteiger partial charge in [-0.3, -0.25) is 4.79 Å². The van der Waals surface area contributed by atoms with E-state index in [1.54, 1.807) is 6.26 Å². The highest BCUT2D eigenvalue weighted by atomic mass is 16.5. The summed E-state index contributed by atoms with van der Waals surface area (Å²) < 4.78 is 10.8. The molecule has 1 unspecified atom stereocenters. The zero-order chi connectivity index (χ0) is 14.8. The SMILES string of the molecule is CC(N[C@@H](C)c1ccco1)c1ccc2c(c1)NC(=O)CO2. The number of furan rings is 1. The molecule has 0 bridgehead atoms.